The van der Waals surface area contributed by atoms with E-state index in [1.54, 1.807) is 0 Å². The molecule has 0 radical (unpaired) electrons. The van der Waals surface area contributed by atoms with Crippen LogP contribution in [0.4, 0.5) is 0 Å². The first-order valence-corrected chi connectivity index (χ1v) is 12.8. The van der Waals surface area contributed by atoms with Gasteiger partial charge in [0.1, 0.15) is 8.07 Å². The fraction of sp³-hybridized carbons (Fsp3) is 0.867. The molecule has 0 fully saturated rings. The Morgan fingerprint density at radius 3 is 1.50 bits per heavy atom. The van der Waals surface area contributed by atoms with E-state index in [1.165, 1.54) is 0 Å². The van der Waals surface area contributed by atoms with Crippen LogP contribution in [-0.4, -0.2) is 23.0 Å². The molecule has 0 N–H and O–H groups in total. The number of hydrogen-bond acceptors (Lipinski definition) is 1. The van der Waals surface area contributed by atoms with Crippen molar-refractivity contribution >= 4 is 16.4 Å². The van der Waals surface area contributed by atoms with Crippen LogP contribution in [0.25, 0.3) is 0 Å². The van der Waals surface area contributed by atoms with E-state index < -0.39 is 16.4 Å². The molecule has 0 aliphatic rings. The summed E-state index contributed by atoms with van der Waals surface area (Å²) in [6, 6.07) is 0. The maximum atomic E-state index is 6.40. The Hall–Kier alpha value is -0.0462. The van der Waals surface area contributed by atoms with Crippen molar-refractivity contribution in [3.05, 3.63) is 0 Å². The van der Waals surface area contributed by atoms with Crippen molar-refractivity contribution in [1.29, 1.82) is 0 Å². The molecule has 106 valence electrons. The van der Waals surface area contributed by atoms with Crippen LogP contribution in [0.1, 0.15) is 41.5 Å². The van der Waals surface area contributed by atoms with Crippen molar-refractivity contribution in [2.75, 3.05) is 6.61 Å². The molecule has 1 nitrogen and oxygen atoms in total. The summed E-state index contributed by atoms with van der Waals surface area (Å²) in [5, 5.41) is 0. The monoisotopic (exact) mass is 284 g/mol. The van der Waals surface area contributed by atoms with Gasteiger partial charge in [0.25, 0.3) is 0 Å². The van der Waals surface area contributed by atoms with Crippen LogP contribution in [0.3, 0.4) is 0 Å². The summed E-state index contributed by atoms with van der Waals surface area (Å²) in [6.45, 7) is 21.4. The molecule has 0 bridgehead atoms. The fourth-order valence-corrected chi connectivity index (χ4v) is 8.89. The van der Waals surface area contributed by atoms with Crippen LogP contribution in [0, 0.1) is 11.5 Å². The summed E-state index contributed by atoms with van der Waals surface area (Å²) in [7, 11) is -2.97. The highest BCUT2D eigenvalue weighted by Crippen LogP contribution is 2.41. The van der Waals surface area contributed by atoms with Gasteiger partial charge in [-0.2, -0.15) is 0 Å². The topological polar surface area (TPSA) is 9.23 Å². The summed E-state index contributed by atoms with van der Waals surface area (Å²) in [4.78, 5) is 0. The molecule has 0 atom stereocenters. The predicted molar refractivity (Wildman–Crippen MR) is 88.1 cm³/mol. The van der Waals surface area contributed by atoms with Gasteiger partial charge in [-0.05, 0) is 16.6 Å². The molecule has 0 aromatic heterocycles. The van der Waals surface area contributed by atoms with Gasteiger partial charge in [-0.3, -0.25) is 0 Å². The lowest BCUT2D eigenvalue weighted by Crippen LogP contribution is -2.47. The highest BCUT2D eigenvalue weighted by Gasteiger charge is 2.44. The van der Waals surface area contributed by atoms with E-state index in [1.807, 2.05) is 0 Å². The summed E-state index contributed by atoms with van der Waals surface area (Å²) in [5.41, 5.74) is 5.33. The van der Waals surface area contributed by atoms with E-state index in [0.29, 0.717) is 23.2 Å². The average molecular weight is 285 g/mol. The third-order valence-electron chi connectivity index (χ3n) is 3.56. The molecular weight excluding hydrogens is 252 g/mol. The molecule has 18 heavy (non-hydrogen) atoms. The van der Waals surface area contributed by atoms with E-state index >= 15 is 0 Å². The third kappa shape index (κ3) is 4.91. The van der Waals surface area contributed by atoms with Crippen LogP contribution in [0.5, 0.6) is 0 Å². The van der Waals surface area contributed by atoms with Gasteiger partial charge in [-0.15, -0.1) is 5.54 Å². The molecule has 0 aromatic rings. The Labute approximate surface area is 117 Å². The SMILES string of the molecule is CC(C)[Si](OCC#C[Si](C)(C)C)(C(C)C)C(C)C. The van der Waals surface area contributed by atoms with Crippen LogP contribution in [-0.2, 0) is 4.43 Å². The molecule has 0 amide bonds. The van der Waals surface area contributed by atoms with Crippen LogP contribution < -0.4 is 0 Å². The van der Waals surface area contributed by atoms with Crippen LogP contribution >= 0.6 is 0 Å². The zero-order valence-corrected chi connectivity index (χ0v) is 15.8. The average Bonchev–Trinajstić information content (AvgIpc) is 2.13. The molecule has 0 aliphatic heterocycles. The molecule has 0 saturated heterocycles. The molecule has 0 aromatic carbocycles. The van der Waals surface area contributed by atoms with Crippen LogP contribution in [0.2, 0.25) is 36.3 Å². The second-order valence-corrected chi connectivity index (χ2v) is 17.4. The third-order valence-corrected chi connectivity index (χ3v) is 10.6. The summed E-state index contributed by atoms with van der Waals surface area (Å²) in [6.07, 6.45) is 0. The lowest BCUT2D eigenvalue weighted by molar-refractivity contribution is 0.322. The molecule has 0 unspecified atom stereocenters. The quantitative estimate of drug-likeness (QED) is 0.506. The Morgan fingerprint density at radius 1 is 0.833 bits per heavy atom. The van der Waals surface area contributed by atoms with Crippen molar-refractivity contribution in [2.24, 2.45) is 0 Å². The van der Waals surface area contributed by atoms with Crippen molar-refractivity contribution in [3.8, 4) is 11.5 Å². The van der Waals surface area contributed by atoms with Crippen molar-refractivity contribution in [2.45, 2.75) is 77.8 Å². The minimum Gasteiger partial charge on any atom is -0.405 e. The van der Waals surface area contributed by atoms with Gasteiger partial charge < -0.3 is 4.43 Å². The van der Waals surface area contributed by atoms with E-state index in [0.717, 1.165) is 0 Å². The van der Waals surface area contributed by atoms with Crippen molar-refractivity contribution in [3.63, 3.8) is 0 Å². The maximum absolute atomic E-state index is 6.40. The normalized spacial score (nSPS) is 13.1. The summed E-state index contributed by atoms with van der Waals surface area (Å²) >= 11 is 0. The molecule has 0 rings (SSSR count). The Balaban J connectivity index is 4.86. The van der Waals surface area contributed by atoms with Gasteiger partial charge in [0.2, 0.25) is 8.32 Å². The highest BCUT2D eigenvalue weighted by atomic mass is 28.4. The Morgan fingerprint density at radius 2 is 1.22 bits per heavy atom. The van der Waals surface area contributed by atoms with E-state index in [-0.39, 0.29) is 0 Å². The molecule has 3 heteroatoms. The summed E-state index contributed by atoms with van der Waals surface area (Å²) in [5.74, 6) is 3.27. The van der Waals surface area contributed by atoms with Gasteiger partial charge in [-0.1, -0.05) is 67.1 Å². The largest absolute Gasteiger partial charge is 0.405 e. The molecule has 0 spiro atoms. The zero-order valence-electron chi connectivity index (χ0n) is 13.8. The first kappa shape index (κ1) is 18.0. The minimum absolute atomic E-state index is 0.630. The highest BCUT2D eigenvalue weighted by molar-refractivity contribution is 6.83. The van der Waals surface area contributed by atoms with Crippen molar-refractivity contribution < 1.29 is 4.43 Å². The lowest BCUT2D eigenvalue weighted by atomic mass is 10.5. The second-order valence-electron chi connectivity index (χ2n) is 7.16. The first-order chi connectivity index (χ1) is 8.04. The molecule has 0 saturated carbocycles. The van der Waals surface area contributed by atoms with Crippen LogP contribution in [0.15, 0.2) is 0 Å². The predicted octanol–water partition coefficient (Wildman–Crippen LogP) is 5.06. The van der Waals surface area contributed by atoms with Crippen molar-refractivity contribution in [1.82, 2.24) is 0 Å². The van der Waals surface area contributed by atoms with E-state index in [4.69, 9.17) is 4.43 Å². The number of hydrogen-bond donors (Lipinski definition) is 0. The molecular formula is C15H32OSi2. The summed E-state index contributed by atoms with van der Waals surface area (Å²) < 4.78 is 6.40. The van der Waals surface area contributed by atoms with Gasteiger partial charge in [0.15, 0.2) is 0 Å². The van der Waals surface area contributed by atoms with E-state index in [9.17, 15) is 0 Å². The van der Waals surface area contributed by atoms with Gasteiger partial charge in [0.05, 0.1) is 6.61 Å². The molecule has 0 heterocycles. The van der Waals surface area contributed by atoms with Gasteiger partial charge in [0, 0.05) is 0 Å². The molecule has 0 aliphatic carbocycles. The Bertz CT molecular complexity index is 281. The fourth-order valence-electron chi connectivity index (χ4n) is 2.96. The smallest absolute Gasteiger partial charge is 0.201 e. The Kier molecular flexibility index (Phi) is 6.91. The first-order valence-electron chi connectivity index (χ1n) is 7.18. The zero-order chi connectivity index (χ0) is 14.6. The van der Waals surface area contributed by atoms with Gasteiger partial charge in [-0.25, -0.2) is 0 Å². The number of rotatable bonds is 5. The standard InChI is InChI=1S/C15H32OSi2/c1-13(2)18(14(3)4,15(5)6)16-11-10-12-17(7,8)9/h13-15H,11H2,1-9H3. The maximum Gasteiger partial charge on any atom is 0.201 e. The van der Waals surface area contributed by atoms with Gasteiger partial charge >= 0.3 is 0 Å². The lowest BCUT2D eigenvalue weighted by Gasteiger charge is -2.41. The second kappa shape index (κ2) is 6.93. The minimum atomic E-state index is -1.71. The van der Waals surface area contributed by atoms with E-state index in [2.05, 4.69) is 72.6 Å².